The number of nitrogens with one attached hydrogen (secondary N) is 1. The molecule has 28 heavy (non-hydrogen) atoms. The first kappa shape index (κ1) is 20.0. The summed E-state index contributed by atoms with van der Waals surface area (Å²) in [6.45, 7) is 8.22. The first-order valence-corrected chi connectivity index (χ1v) is 9.94. The molecule has 1 saturated heterocycles. The summed E-state index contributed by atoms with van der Waals surface area (Å²) in [6, 6.07) is 12.3. The highest BCUT2D eigenvalue weighted by Gasteiger charge is 2.20. The molecule has 1 aromatic carbocycles. The second kappa shape index (κ2) is 9.95. The van der Waals surface area contributed by atoms with E-state index >= 15 is 0 Å². The summed E-state index contributed by atoms with van der Waals surface area (Å²) in [6.07, 6.45) is 3.73. The van der Waals surface area contributed by atoms with Gasteiger partial charge in [0.05, 0.1) is 18.8 Å². The van der Waals surface area contributed by atoms with E-state index in [4.69, 9.17) is 14.7 Å². The van der Waals surface area contributed by atoms with Gasteiger partial charge in [0.1, 0.15) is 23.4 Å². The molecule has 1 aliphatic heterocycles. The van der Waals surface area contributed by atoms with E-state index in [2.05, 4.69) is 33.4 Å². The molecule has 0 unspecified atom stereocenters. The van der Waals surface area contributed by atoms with Crippen molar-refractivity contribution in [3.8, 4) is 17.6 Å². The van der Waals surface area contributed by atoms with Gasteiger partial charge in [0.2, 0.25) is 0 Å². The van der Waals surface area contributed by atoms with Gasteiger partial charge in [-0.25, -0.2) is 4.98 Å². The van der Waals surface area contributed by atoms with Gasteiger partial charge in [0.15, 0.2) is 0 Å². The third kappa shape index (κ3) is 5.61. The predicted octanol–water partition coefficient (Wildman–Crippen LogP) is 3.83. The van der Waals surface area contributed by atoms with E-state index in [1.165, 1.54) is 5.56 Å². The molecule has 1 aromatic heterocycles. The van der Waals surface area contributed by atoms with Crippen LogP contribution in [-0.4, -0.2) is 42.2 Å². The second-order valence-corrected chi connectivity index (χ2v) is 6.92. The summed E-state index contributed by atoms with van der Waals surface area (Å²) >= 11 is 0. The Kier molecular flexibility index (Phi) is 7.10. The fourth-order valence-electron chi connectivity index (χ4n) is 3.47. The first-order chi connectivity index (χ1) is 13.7. The predicted molar refractivity (Wildman–Crippen MR) is 110 cm³/mol. The summed E-state index contributed by atoms with van der Waals surface area (Å²) in [5, 5.41) is 12.3. The van der Waals surface area contributed by atoms with E-state index < -0.39 is 0 Å². The zero-order valence-corrected chi connectivity index (χ0v) is 16.6. The molecule has 0 saturated carbocycles. The van der Waals surface area contributed by atoms with Crippen LogP contribution in [0.15, 0.2) is 36.5 Å². The highest BCUT2D eigenvalue weighted by Crippen LogP contribution is 2.25. The number of likely N-dealkylation sites (tertiary alicyclic amines) is 1. The van der Waals surface area contributed by atoms with Crippen molar-refractivity contribution >= 4 is 5.82 Å². The number of ether oxygens (including phenoxy) is 2. The SMILES string of the molecule is CCOc1cc(CN2CCC(Nc3ccc(C#N)cn3)CC2)cc(OCC)c1. The van der Waals surface area contributed by atoms with Crippen molar-refractivity contribution in [2.75, 3.05) is 31.6 Å². The van der Waals surface area contributed by atoms with Crippen molar-refractivity contribution < 1.29 is 9.47 Å². The van der Waals surface area contributed by atoms with E-state index in [-0.39, 0.29) is 0 Å². The lowest BCUT2D eigenvalue weighted by molar-refractivity contribution is 0.210. The number of pyridine rings is 1. The van der Waals surface area contributed by atoms with Gasteiger partial charge in [-0.3, -0.25) is 4.90 Å². The maximum atomic E-state index is 8.86. The quantitative estimate of drug-likeness (QED) is 0.751. The minimum absolute atomic E-state index is 0.408. The molecule has 0 amide bonds. The van der Waals surface area contributed by atoms with Crippen LogP contribution >= 0.6 is 0 Å². The van der Waals surface area contributed by atoms with Crippen molar-refractivity contribution in [2.45, 2.75) is 39.3 Å². The average Bonchev–Trinajstić information content (AvgIpc) is 2.70. The van der Waals surface area contributed by atoms with Crippen molar-refractivity contribution in [1.82, 2.24) is 9.88 Å². The van der Waals surface area contributed by atoms with Crippen LogP contribution < -0.4 is 14.8 Å². The van der Waals surface area contributed by atoms with Crippen molar-refractivity contribution in [2.24, 2.45) is 0 Å². The minimum atomic E-state index is 0.408. The molecular formula is C22H28N4O2. The molecule has 6 nitrogen and oxygen atoms in total. The highest BCUT2D eigenvalue weighted by atomic mass is 16.5. The van der Waals surface area contributed by atoms with Gasteiger partial charge >= 0.3 is 0 Å². The van der Waals surface area contributed by atoms with E-state index in [0.29, 0.717) is 24.8 Å². The molecule has 1 fully saturated rings. The second-order valence-electron chi connectivity index (χ2n) is 6.92. The third-order valence-electron chi connectivity index (χ3n) is 4.80. The molecular weight excluding hydrogens is 352 g/mol. The van der Waals surface area contributed by atoms with Gasteiger partial charge in [0, 0.05) is 37.9 Å². The molecule has 0 atom stereocenters. The standard InChI is InChI=1S/C22H28N4O2/c1-3-27-20-11-18(12-21(13-20)28-4-2)16-26-9-7-19(8-10-26)25-22-6-5-17(14-23)15-24-22/h5-6,11-13,15,19H,3-4,7-10,16H2,1-2H3,(H,24,25). The number of benzene rings is 1. The molecule has 2 aromatic rings. The van der Waals surface area contributed by atoms with Gasteiger partial charge in [-0.05, 0) is 56.5 Å². The van der Waals surface area contributed by atoms with Crippen molar-refractivity contribution in [3.05, 3.63) is 47.7 Å². The summed E-state index contributed by atoms with van der Waals surface area (Å²) < 4.78 is 11.4. The number of nitrogens with zero attached hydrogens (tertiary/aromatic N) is 3. The van der Waals surface area contributed by atoms with Gasteiger partial charge in [-0.1, -0.05) is 0 Å². The number of hydrogen-bond donors (Lipinski definition) is 1. The van der Waals surface area contributed by atoms with Gasteiger partial charge in [-0.2, -0.15) is 5.26 Å². The third-order valence-corrected chi connectivity index (χ3v) is 4.80. The molecule has 1 aliphatic rings. The highest BCUT2D eigenvalue weighted by molar-refractivity contribution is 5.40. The Morgan fingerprint density at radius 2 is 1.79 bits per heavy atom. The van der Waals surface area contributed by atoms with Crippen LogP contribution in [-0.2, 0) is 6.54 Å². The molecule has 2 heterocycles. The topological polar surface area (TPSA) is 70.4 Å². The van der Waals surface area contributed by atoms with Crippen LogP contribution in [0.3, 0.4) is 0 Å². The van der Waals surface area contributed by atoms with E-state index in [9.17, 15) is 0 Å². The van der Waals surface area contributed by atoms with Crippen molar-refractivity contribution in [1.29, 1.82) is 5.26 Å². The molecule has 0 spiro atoms. The van der Waals surface area contributed by atoms with Crippen LogP contribution in [0, 0.1) is 11.3 Å². The Balaban J connectivity index is 1.54. The number of piperidine rings is 1. The van der Waals surface area contributed by atoms with E-state index in [0.717, 1.165) is 49.8 Å². The maximum absolute atomic E-state index is 8.86. The summed E-state index contributed by atoms with van der Waals surface area (Å²) in [5.41, 5.74) is 1.80. The van der Waals surface area contributed by atoms with Crippen LogP contribution in [0.5, 0.6) is 11.5 Å². The normalized spacial score (nSPS) is 15.0. The Bertz CT molecular complexity index is 769. The number of anilines is 1. The van der Waals surface area contributed by atoms with Gasteiger partial charge in [0.25, 0.3) is 0 Å². The van der Waals surface area contributed by atoms with E-state index in [1.807, 2.05) is 26.0 Å². The van der Waals surface area contributed by atoms with Crippen LogP contribution in [0.25, 0.3) is 0 Å². The molecule has 0 bridgehead atoms. The number of rotatable bonds is 8. The zero-order chi connectivity index (χ0) is 19.8. The molecule has 0 aliphatic carbocycles. The maximum Gasteiger partial charge on any atom is 0.126 e. The fraction of sp³-hybridized carbons (Fsp3) is 0.455. The number of nitriles is 1. The molecule has 148 valence electrons. The van der Waals surface area contributed by atoms with Gasteiger partial charge in [-0.15, -0.1) is 0 Å². The lowest BCUT2D eigenvalue weighted by atomic mass is 10.0. The minimum Gasteiger partial charge on any atom is -0.494 e. The van der Waals surface area contributed by atoms with Crippen LogP contribution in [0.4, 0.5) is 5.82 Å². The Labute approximate surface area is 167 Å². The summed E-state index contributed by atoms with van der Waals surface area (Å²) in [4.78, 5) is 6.77. The van der Waals surface area contributed by atoms with Crippen LogP contribution in [0.2, 0.25) is 0 Å². The zero-order valence-electron chi connectivity index (χ0n) is 16.6. The van der Waals surface area contributed by atoms with Gasteiger partial charge < -0.3 is 14.8 Å². The average molecular weight is 380 g/mol. The Hall–Kier alpha value is -2.78. The monoisotopic (exact) mass is 380 g/mol. The molecule has 6 heteroatoms. The molecule has 1 N–H and O–H groups in total. The first-order valence-electron chi connectivity index (χ1n) is 9.94. The van der Waals surface area contributed by atoms with Crippen LogP contribution in [0.1, 0.15) is 37.8 Å². The number of hydrogen-bond acceptors (Lipinski definition) is 6. The summed E-state index contributed by atoms with van der Waals surface area (Å²) in [7, 11) is 0. The number of aromatic nitrogens is 1. The van der Waals surface area contributed by atoms with Crippen molar-refractivity contribution in [3.63, 3.8) is 0 Å². The largest absolute Gasteiger partial charge is 0.494 e. The summed E-state index contributed by atoms with van der Waals surface area (Å²) in [5.74, 6) is 2.57. The lowest BCUT2D eigenvalue weighted by Crippen LogP contribution is -2.38. The fourth-order valence-corrected chi connectivity index (χ4v) is 3.47. The molecule has 3 rings (SSSR count). The van der Waals surface area contributed by atoms with E-state index in [1.54, 1.807) is 12.3 Å². The molecule has 0 radical (unpaired) electrons. The Morgan fingerprint density at radius 3 is 2.32 bits per heavy atom. The smallest absolute Gasteiger partial charge is 0.126 e. The lowest BCUT2D eigenvalue weighted by Gasteiger charge is -2.32. The Morgan fingerprint density at radius 1 is 1.11 bits per heavy atom.